The second-order valence-corrected chi connectivity index (χ2v) is 7.74. The lowest BCUT2D eigenvalue weighted by Gasteiger charge is -2.17. The van der Waals surface area contributed by atoms with Gasteiger partial charge in [0.05, 0.1) is 17.6 Å². The highest BCUT2D eigenvalue weighted by molar-refractivity contribution is 6.35. The van der Waals surface area contributed by atoms with Gasteiger partial charge in [-0.3, -0.25) is 0 Å². The number of halogens is 2. The maximum Gasteiger partial charge on any atom is 0.323 e. The molecule has 160 valence electrons. The first kappa shape index (κ1) is 21.2. The van der Waals surface area contributed by atoms with Crippen molar-refractivity contribution in [3.63, 3.8) is 0 Å². The van der Waals surface area contributed by atoms with Crippen LogP contribution in [-0.2, 0) is 13.2 Å². The van der Waals surface area contributed by atoms with Crippen LogP contribution in [0.2, 0.25) is 10.0 Å². The molecule has 0 fully saturated rings. The highest BCUT2D eigenvalue weighted by Gasteiger charge is 2.13. The van der Waals surface area contributed by atoms with Gasteiger partial charge in [-0.2, -0.15) is 0 Å². The number of ether oxygens (including phenoxy) is 2. The zero-order valence-corrected chi connectivity index (χ0v) is 18.3. The fourth-order valence-corrected chi connectivity index (χ4v) is 3.72. The molecular formula is C23H21Cl2N3O3. The number of rotatable bonds is 8. The number of anilines is 1. The third-order valence-electron chi connectivity index (χ3n) is 4.75. The van der Waals surface area contributed by atoms with E-state index in [1.54, 1.807) is 12.1 Å². The predicted molar refractivity (Wildman–Crippen MR) is 125 cm³/mol. The van der Waals surface area contributed by atoms with Crippen molar-refractivity contribution in [2.75, 3.05) is 11.9 Å². The number of para-hydroxylation sites is 1. The van der Waals surface area contributed by atoms with E-state index in [-0.39, 0.29) is 12.3 Å². The van der Waals surface area contributed by atoms with E-state index >= 15 is 0 Å². The van der Waals surface area contributed by atoms with Crippen molar-refractivity contribution < 1.29 is 9.47 Å². The molecule has 3 N–H and O–H groups in total. The Morgan fingerprint density at radius 2 is 1.77 bits per heavy atom. The summed E-state index contributed by atoms with van der Waals surface area (Å²) in [5.41, 5.74) is 3.91. The summed E-state index contributed by atoms with van der Waals surface area (Å²) in [4.78, 5) is 17.0. The van der Waals surface area contributed by atoms with Crippen LogP contribution in [0, 0.1) is 0 Å². The van der Waals surface area contributed by atoms with Crippen molar-refractivity contribution in [1.82, 2.24) is 9.97 Å². The highest BCUT2D eigenvalue weighted by atomic mass is 35.5. The Morgan fingerprint density at radius 1 is 0.935 bits per heavy atom. The summed E-state index contributed by atoms with van der Waals surface area (Å²) in [7, 11) is 0. The molecule has 0 aliphatic heterocycles. The van der Waals surface area contributed by atoms with Crippen LogP contribution in [0.3, 0.4) is 0 Å². The van der Waals surface area contributed by atoms with Gasteiger partial charge in [0.1, 0.15) is 6.61 Å². The van der Waals surface area contributed by atoms with E-state index in [1.807, 2.05) is 49.4 Å². The van der Waals surface area contributed by atoms with Crippen molar-refractivity contribution in [3.8, 4) is 11.5 Å². The van der Waals surface area contributed by atoms with E-state index in [4.69, 9.17) is 32.7 Å². The summed E-state index contributed by atoms with van der Waals surface area (Å²) in [5.74, 6) is 1.32. The van der Waals surface area contributed by atoms with Gasteiger partial charge in [-0.1, -0.05) is 41.4 Å². The van der Waals surface area contributed by atoms with Crippen molar-refractivity contribution in [1.29, 1.82) is 0 Å². The molecule has 0 atom stereocenters. The Kier molecular flexibility index (Phi) is 6.39. The van der Waals surface area contributed by atoms with Crippen LogP contribution in [0.1, 0.15) is 18.1 Å². The SMILES string of the molecule is CCOc1cccc(CNc2ccc3[nH]c(=O)[nH]c3c2)c1OCc1ccc(Cl)cc1Cl. The smallest absolute Gasteiger partial charge is 0.323 e. The number of benzene rings is 3. The minimum absolute atomic E-state index is 0.229. The first-order valence-electron chi connectivity index (χ1n) is 9.81. The van der Waals surface area contributed by atoms with Crippen molar-refractivity contribution in [2.45, 2.75) is 20.1 Å². The van der Waals surface area contributed by atoms with E-state index in [0.717, 1.165) is 27.8 Å². The summed E-state index contributed by atoms with van der Waals surface area (Å²) in [6.07, 6.45) is 0. The summed E-state index contributed by atoms with van der Waals surface area (Å²) >= 11 is 12.3. The number of H-pyrrole nitrogens is 2. The molecule has 0 radical (unpaired) electrons. The van der Waals surface area contributed by atoms with E-state index in [0.29, 0.717) is 34.7 Å². The molecule has 4 rings (SSSR count). The molecule has 0 spiro atoms. The molecule has 0 aliphatic rings. The zero-order valence-electron chi connectivity index (χ0n) is 16.8. The average molecular weight is 458 g/mol. The number of imidazole rings is 1. The molecule has 3 aromatic carbocycles. The number of nitrogens with one attached hydrogen (secondary N) is 3. The van der Waals surface area contributed by atoms with Gasteiger partial charge < -0.3 is 24.8 Å². The molecule has 0 saturated carbocycles. The maximum absolute atomic E-state index is 11.5. The lowest BCUT2D eigenvalue weighted by atomic mass is 10.1. The summed E-state index contributed by atoms with van der Waals surface area (Å²) in [6, 6.07) is 16.8. The van der Waals surface area contributed by atoms with Crippen molar-refractivity contribution in [3.05, 3.63) is 86.3 Å². The Morgan fingerprint density at radius 3 is 2.58 bits per heavy atom. The Bertz CT molecular complexity index is 1270. The molecule has 0 amide bonds. The van der Waals surface area contributed by atoms with Crippen LogP contribution in [0.15, 0.2) is 59.4 Å². The second kappa shape index (κ2) is 9.37. The molecule has 0 bridgehead atoms. The molecule has 1 heterocycles. The lowest BCUT2D eigenvalue weighted by Crippen LogP contribution is -2.06. The van der Waals surface area contributed by atoms with Crippen LogP contribution in [-0.4, -0.2) is 16.6 Å². The van der Waals surface area contributed by atoms with E-state index < -0.39 is 0 Å². The monoisotopic (exact) mass is 457 g/mol. The van der Waals surface area contributed by atoms with Crippen LogP contribution in [0.4, 0.5) is 5.69 Å². The Hall–Kier alpha value is -3.09. The third kappa shape index (κ3) is 4.98. The predicted octanol–water partition coefficient (Wildman–Crippen LogP) is 5.75. The Labute approximate surface area is 189 Å². The van der Waals surface area contributed by atoms with Gasteiger partial charge in [0, 0.05) is 33.4 Å². The molecule has 1 aromatic heterocycles. The normalized spacial score (nSPS) is 10.9. The third-order valence-corrected chi connectivity index (χ3v) is 5.33. The van der Waals surface area contributed by atoms with Crippen LogP contribution < -0.4 is 20.5 Å². The van der Waals surface area contributed by atoms with E-state index in [9.17, 15) is 4.79 Å². The van der Waals surface area contributed by atoms with Crippen LogP contribution in [0.25, 0.3) is 11.0 Å². The summed E-state index contributed by atoms with van der Waals surface area (Å²) in [6.45, 7) is 3.23. The lowest BCUT2D eigenvalue weighted by molar-refractivity contribution is 0.267. The van der Waals surface area contributed by atoms with Gasteiger partial charge >= 0.3 is 5.69 Å². The van der Waals surface area contributed by atoms with Gasteiger partial charge in [0.15, 0.2) is 11.5 Å². The van der Waals surface area contributed by atoms with Gasteiger partial charge in [-0.05, 0) is 43.3 Å². The van der Waals surface area contributed by atoms with Crippen LogP contribution >= 0.6 is 23.2 Å². The molecule has 8 heteroatoms. The van der Waals surface area contributed by atoms with Gasteiger partial charge in [-0.25, -0.2) is 4.79 Å². The summed E-state index contributed by atoms with van der Waals surface area (Å²) in [5, 5.41) is 4.50. The first-order valence-corrected chi connectivity index (χ1v) is 10.6. The average Bonchev–Trinajstić information content (AvgIpc) is 3.12. The first-order chi connectivity index (χ1) is 15.0. The molecule has 0 aliphatic carbocycles. The minimum Gasteiger partial charge on any atom is -0.490 e. The number of fused-ring (bicyclic) bond motifs is 1. The topological polar surface area (TPSA) is 79.1 Å². The molecule has 0 saturated heterocycles. The standard InChI is InChI=1S/C23H21Cl2N3O3/c1-2-30-21-5-3-4-14(22(21)31-13-15-6-7-16(24)10-18(15)25)12-26-17-8-9-19-20(11-17)28-23(29)27-19/h3-11,26H,2,12-13H2,1H3,(H2,27,28,29). The fourth-order valence-electron chi connectivity index (χ4n) is 3.26. The van der Waals surface area contributed by atoms with Gasteiger partial charge in [-0.15, -0.1) is 0 Å². The van der Waals surface area contributed by atoms with Gasteiger partial charge in [0.25, 0.3) is 0 Å². The number of aromatic amines is 2. The van der Waals surface area contributed by atoms with E-state index in [2.05, 4.69) is 15.3 Å². The highest BCUT2D eigenvalue weighted by Crippen LogP contribution is 2.33. The van der Waals surface area contributed by atoms with Gasteiger partial charge in [0.2, 0.25) is 0 Å². The number of hydrogen-bond acceptors (Lipinski definition) is 4. The minimum atomic E-state index is -0.229. The second-order valence-electron chi connectivity index (χ2n) is 6.89. The van der Waals surface area contributed by atoms with E-state index in [1.165, 1.54) is 0 Å². The Balaban J connectivity index is 1.55. The molecular weight excluding hydrogens is 437 g/mol. The fraction of sp³-hybridized carbons (Fsp3) is 0.174. The molecule has 4 aromatic rings. The largest absolute Gasteiger partial charge is 0.490 e. The van der Waals surface area contributed by atoms with Crippen molar-refractivity contribution in [2.24, 2.45) is 0 Å². The molecule has 0 unspecified atom stereocenters. The maximum atomic E-state index is 11.5. The summed E-state index contributed by atoms with van der Waals surface area (Å²) < 4.78 is 11.9. The quantitative estimate of drug-likeness (QED) is 0.314. The van der Waals surface area contributed by atoms with Crippen molar-refractivity contribution >= 4 is 39.9 Å². The zero-order chi connectivity index (χ0) is 21.8. The number of hydrogen-bond donors (Lipinski definition) is 3. The number of aromatic nitrogens is 2. The van der Waals surface area contributed by atoms with Crippen LogP contribution in [0.5, 0.6) is 11.5 Å². The molecule has 31 heavy (non-hydrogen) atoms. The molecule has 6 nitrogen and oxygen atoms in total.